The minimum atomic E-state index is -0.433. The number of hydrogen-bond acceptors (Lipinski definition) is 2. The van der Waals surface area contributed by atoms with Crippen molar-refractivity contribution in [3.63, 3.8) is 0 Å². The molecule has 0 aliphatic carbocycles. The number of benzene rings is 1. The van der Waals surface area contributed by atoms with Crippen LogP contribution in [0.2, 0.25) is 0 Å². The first-order valence-electron chi connectivity index (χ1n) is 5.67. The van der Waals surface area contributed by atoms with Crippen LogP contribution in [0.25, 0.3) is 0 Å². The van der Waals surface area contributed by atoms with E-state index >= 15 is 0 Å². The number of hydrogen-bond donors (Lipinski definition) is 1. The molecule has 0 aliphatic heterocycles. The average molecular weight is 216 g/mol. The van der Waals surface area contributed by atoms with Gasteiger partial charge in [-0.1, -0.05) is 23.8 Å². The Morgan fingerprint density at radius 1 is 1.31 bits per heavy atom. The number of nitriles is 1. The normalized spacial score (nSPS) is 11.2. The van der Waals surface area contributed by atoms with Gasteiger partial charge in [0.25, 0.3) is 0 Å². The van der Waals surface area contributed by atoms with E-state index in [1.807, 2.05) is 13.8 Å². The smallest absolute Gasteiger partial charge is 0.101 e. The van der Waals surface area contributed by atoms with E-state index in [9.17, 15) is 0 Å². The number of nitrogens with zero attached hydrogens (tertiary/aromatic N) is 1. The zero-order valence-electron chi connectivity index (χ0n) is 10.6. The minimum Gasteiger partial charge on any atom is -0.300 e. The lowest BCUT2D eigenvalue weighted by molar-refractivity contribution is 0.489. The molecular weight excluding hydrogens is 196 g/mol. The van der Waals surface area contributed by atoms with Crippen molar-refractivity contribution in [1.29, 1.82) is 5.26 Å². The van der Waals surface area contributed by atoms with Crippen LogP contribution in [0.15, 0.2) is 18.2 Å². The lowest BCUT2D eigenvalue weighted by Crippen LogP contribution is -2.38. The number of nitrogens with one attached hydrogen (secondary N) is 1. The zero-order valence-corrected chi connectivity index (χ0v) is 10.6. The van der Waals surface area contributed by atoms with Crippen LogP contribution < -0.4 is 5.32 Å². The largest absolute Gasteiger partial charge is 0.300 e. The summed E-state index contributed by atoms with van der Waals surface area (Å²) < 4.78 is 0. The van der Waals surface area contributed by atoms with Crippen molar-refractivity contribution in [3.8, 4) is 6.07 Å². The first-order valence-corrected chi connectivity index (χ1v) is 5.67. The summed E-state index contributed by atoms with van der Waals surface area (Å²) in [4.78, 5) is 0. The molecule has 1 aromatic carbocycles. The van der Waals surface area contributed by atoms with Gasteiger partial charge < -0.3 is 0 Å². The molecule has 0 radical (unpaired) electrons. The van der Waals surface area contributed by atoms with Crippen LogP contribution in [-0.2, 0) is 6.42 Å². The summed E-state index contributed by atoms with van der Waals surface area (Å²) >= 11 is 0. The Morgan fingerprint density at radius 3 is 2.62 bits per heavy atom. The predicted molar refractivity (Wildman–Crippen MR) is 67.3 cm³/mol. The average Bonchev–Trinajstić information content (AvgIpc) is 2.23. The molecule has 0 amide bonds. The molecule has 2 nitrogen and oxygen atoms in total. The Labute approximate surface area is 98.3 Å². The SMILES string of the molecule is Cc1ccc(C)c(CCNC(C)(C)C#N)c1. The van der Waals surface area contributed by atoms with Crippen LogP contribution in [0, 0.1) is 25.2 Å². The molecule has 86 valence electrons. The summed E-state index contributed by atoms with van der Waals surface area (Å²) in [5, 5.41) is 12.1. The van der Waals surface area contributed by atoms with Gasteiger partial charge in [-0.05, 0) is 45.2 Å². The Bertz CT molecular complexity index is 400. The maximum Gasteiger partial charge on any atom is 0.101 e. The van der Waals surface area contributed by atoms with Gasteiger partial charge in [0.05, 0.1) is 6.07 Å². The van der Waals surface area contributed by atoms with Crippen LogP contribution in [0.5, 0.6) is 0 Å². The molecule has 16 heavy (non-hydrogen) atoms. The Hall–Kier alpha value is -1.33. The highest BCUT2D eigenvalue weighted by molar-refractivity contribution is 5.30. The highest BCUT2D eigenvalue weighted by Gasteiger charge is 2.14. The standard InChI is InChI=1S/C14H20N2/c1-11-5-6-12(2)13(9-11)7-8-16-14(3,4)10-15/h5-6,9,16H,7-8H2,1-4H3. The third kappa shape index (κ3) is 3.67. The van der Waals surface area contributed by atoms with Crippen LogP contribution in [0.3, 0.4) is 0 Å². The van der Waals surface area contributed by atoms with Crippen molar-refractivity contribution in [3.05, 3.63) is 34.9 Å². The predicted octanol–water partition coefficient (Wildman–Crippen LogP) is 2.74. The zero-order chi connectivity index (χ0) is 12.2. The van der Waals surface area contributed by atoms with Crippen molar-refractivity contribution < 1.29 is 0 Å². The van der Waals surface area contributed by atoms with Crippen molar-refractivity contribution >= 4 is 0 Å². The van der Waals surface area contributed by atoms with E-state index in [0.717, 1.165) is 13.0 Å². The first-order chi connectivity index (χ1) is 7.44. The van der Waals surface area contributed by atoms with E-state index < -0.39 is 5.54 Å². The summed E-state index contributed by atoms with van der Waals surface area (Å²) in [6.07, 6.45) is 0.971. The number of rotatable bonds is 4. The summed E-state index contributed by atoms with van der Waals surface area (Å²) in [6, 6.07) is 8.74. The molecule has 0 aromatic heterocycles. The molecule has 0 aliphatic rings. The Morgan fingerprint density at radius 2 is 2.00 bits per heavy atom. The second kappa shape index (κ2) is 5.14. The molecule has 0 bridgehead atoms. The second-order valence-electron chi connectivity index (χ2n) is 4.84. The summed E-state index contributed by atoms with van der Waals surface area (Å²) in [6.45, 7) is 8.87. The number of aryl methyl sites for hydroxylation is 2. The van der Waals surface area contributed by atoms with Crippen molar-refractivity contribution in [2.45, 2.75) is 39.7 Å². The van der Waals surface area contributed by atoms with Crippen molar-refractivity contribution in [1.82, 2.24) is 5.32 Å². The minimum absolute atomic E-state index is 0.433. The van der Waals surface area contributed by atoms with E-state index in [0.29, 0.717) is 0 Å². The lowest BCUT2D eigenvalue weighted by Gasteiger charge is -2.17. The van der Waals surface area contributed by atoms with Gasteiger partial charge in [0.2, 0.25) is 0 Å². The van der Waals surface area contributed by atoms with Gasteiger partial charge in [-0.15, -0.1) is 0 Å². The first kappa shape index (κ1) is 12.7. The van der Waals surface area contributed by atoms with Gasteiger partial charge in [0.1, 0.15) is 5.54 Å². The summed E-state index contributed by atoms with van der Waals surface area (Å²) in [5.41, 5.74) is 3.54. The fourth-order valence-corrected chi connectivity index (χ4v) is 1.62. The monoisotopic (exact) mass is 216 g/mol. The van der Waals surface area contributed by atoms with Crippen LogP contribution in [0.1, 0.15) is 30.5 Å². The van der Waals surface area contributed by atoms with E-state index in [-0.39, 0.29) is 0 Å². The Balaban J connectivity index is 2.56. The molecule has 2 heteroatoms. The molecule has 0 atom stereocenters. The summed E-state index contributed by atoms with van der Waals surface area (Å²) in [5.74, 6) is 0. The molecule has 0 heterocycles. The highest BCUT2D eigenvalue weighted by Crippen LogP contribution is 2.11. The molecular formula is C14H20N2. The molecule has 0 unspecified atom stereocenters. The van der Waals surface area contributed by atoms with Crippen LogP contribution in [0.4, 0.5) is 0 Å². The summed E-state index contributed by atoms with van der Waals surface area (Å²) in [7, 11) is 0. The van der Waals surface area contributed by atoms with Gasteiger partial charge >= 0.3 is 0 Å². The van der Waals surface area contributed by atoms with Gasteiger partial charge in [-0.3, -0.25) is 5.32 Å². The van der Waals surface area contributed by atoms with Crippen LogP contribution >= 0.6 is 0 Å². The lowest BCUT2D eigenvalue weighted by atomic mass is 10.0. The van der Waals surface area contributed by atoms with E-state index in [1.165, 1.54) is 16.7 Å². The van der Waals surface area contributed by atoms with Crippen molar-refractivity contribution in [2.24, 2.45) is 0 Å². The highest BCUT2D eigenvalue weighted by atomic mass is 14.9. The molecule has 1 rings (SSSR count). The van der Waals surface area contributed by atoms with E-state index in [2.05, 4.69) is 43.4 Å². The molecule has 0 saturated carbocycles. The second-order valence-corrected chi connectivity index (χ2v) is 4.84. The van der Waals surface area contributed by atoms with Gasteiger partial charge in [-0.2, -0.15) is 5.26 Å². The van der Waals surface area contributed by atoms with E-state index in [4.69, 9.17) is 5.26 Å². The van der Waals surface area contributed by atoms with Crippen molar-refractivity contribution in [2.75, 3.05) is 6.54 Å². The molecule has 1 N–H and O–H groups in total. The quantitative estimate of drug-likeness (QED) is 0.840. The fraction of sp³-hybridized carbons (Fsp3) is 0.500. The maximum absolute atomic E-state index is 8.88. The Kier molecular flexibility index (Phi) is 4.09. The molecule has 0 spiro atoms. The van der Waals surface area contributed by atoms with Gasteiger partial charge in [-0.25, -0.2) is 0 Å². The molecule has 1 aromatic rings. The third-order valence-electron chi connectivity index (χ3n) is 2.75. The third-order valence-corrected chi connectivity index (χ3v) is 2.75. The fourth-order valence-electron chi connectivity index (χ4n) is 1.62. The topological polar surface area (TPSA) is 35.8 Å². The van der Waals surface area contributed by atoms with Crippen LogP contribution in [-0.4, -0.2) is 12.1 Å². The van der Waals surface area contributed by atoms with Gasteiger partial charge in [0, 0.05) is 6.54 Å². The van der Waals surface area contributed by atoms with Gasteiger partial charge in [0.15, 0.2) is 0 Å². The molecule has 0 fully saturated rings. The van der Waals surface area contributed by atoms with E-state index in [1.54, 1.807) is 0 Å². The maximum atomic E-state index is 8.88. The molecule has 0 saturated heterocycles.